The molecule has 1 atom stereocenters. The molecule has 0 aromatic heterocycles. The summed E-state index contributed by atoms with van der Waals surface area (Å²) in [5.74, 6) is -2.09. The van der Waals surface area contributed by atoms with E-state index in [1.165, 1.54) is 21.1 Å². The summed E-state index contributed by atoms with van der Waals surface area (Å²) in [6, 6.07) is 0. The minimum Gasteiger partial charge on any atom is -0.347 e. The lowest BCUT2D eigenvalue weighted by atomic mass is 9.92. The van der Waals surface area contributed by atoms with Gasteiger partial charge in [-0.15, -0.1) is 0 Å². The first-order valence-corrected chi connectivity index (χ1v) is 5.22. The lowest BCUT2D eigenvalue weighted by Crippen LogP contribution is -2.46. The average Bonchev–Trinajstić information content (AvgIpc) is 2.38. The molecule has 0 heterocycles. The minimum atomic E-state index is -1.20. The van der Waals surface area contributed by atoms with E-state index in [2.05, 4.69) is 0 Å². The third kappa shape index (κ3) is 2.26. The van der Waals surface area contributed by atoms with Crippen LogP contribution in [-0.4, -0.2) is 31.6 Å². The summed E-state index contributed by atoms with van der Waals surface area (Å²) in [6.45, 7) is 1.45. The molecule has 0 radical (unpaired) electrons. The highest BCUT2D eigenvalue weighted by atomic mass is 16.7. The first-order valence-electron chi connectivity index (χ1n) is 5.22. The normalized spacial score (nSPS) is 26.1. The molecular formula is C11H18O4. The summed E-state index contributed by atoms with van der Waals surface area (Å²) in [5, 5.41) is 0. The Morgan fingerprint density at radius 2 is 1.93 bits per heavy atom. The Hall–Kier alpha value is -0.740. The Morgan fingerprint density at radius 1 is 1.33 bits per heavy atom. The molecule has 1 aliphatic rings. The van der Waals surface area contributed by atoms with Gasteiger partial charge in [-0.05, 0) is 19.8 Å². The Bertz CT molecular complexity index is 255. The zero-order valence-electron chi connectivity index (χ0n) is 9.54. The van der Waals surface area contributed by atoms with E-state index in [0.717, 1.165) is 12.8 Å². The molecule has 15 heavy (non-hydrogen) atoms. The number of Topliss-reactive ketones (excluding diaryl/α,β-unsaturated/α-hetero) is 2. The predicted molar refractivity (Wildman–Crippen MR) is 54.4 cm³/mol. The van der Waals surface area contributed by atoms with E-state index in [1.807, 2.05) is 0 Å². The van der Waals surface area contributed by atoms with Crippen molar-refractivity contribution in [3.05, 3.63) is 0 Å². The molecule has 0 aromatic rings. The summed E-state index contributed by atoms with van der Waals surface area (Å²) in [4.78, 5) is 23.4. The van der Waals surface area contributed by atoms with Crippen LogP contribution in [0.4, 0.5) is 0 Å². The third-order valence-corrected chi connectivity index (χ3v) is 3.09. The van der Waals surface area contributed by atoms with Crippen LogP contribution in [0.5, 0.6) is 0 Å². The van der Waals surface area contributed by atoms with Gasteiger partial charge < -0.3 is 9.47 Å². The number of ketones is 2. The second-order valence-corrected chi connectivity index (χ2v) is 3.93. The van der Waals surface area contributed by atoms with Gasteiger partial charge in [0.1, 0.15) is 5.78 Å². The summed E-state index contributed by atoms with van der Waals surface area (Å²) < 4.78 is 10.4. The van der Waals surface area contributed by atoms with Crippen molar-refractivity contribution in [2.24, 2.45) is 5.92 Å². The number of carbonyl (C=O) groups excluding carboxylic acids is 2. The molecule has 0 bridgehead atoms. The maximum Gasteiger partial charge on any atom is 0.229 e. The van der Waals surface area contributed by atoms with Gasteiger partial charge >= 0.3 is 0 Å². The van der Waals surface area contributed by atoms with Crippen LogP contribution in [0.1, 0.15) is 32.6 Å². The zero-order chi connectivity index (χ0) is 11.5. The largest absolute Gasteiger partial charge is 0.347 e. The van der Waals surface area contributed by atoms with Gasteiger partial charge in [-0.1, -0.05) is 6.42 Å². The summed E-state index contributed by atoms with van der Waals surface area (Å²) in [6.07, 6.45) is 2.85. The molecule has 1 fully saturated rings. The van der Waals surface area contributed by atoms with Gasteiger partial charge in [0.15, 0.2) is 0 Å². The van der Waals surface area contributed by atoms with Gasteiger partial charge in [-0.25, -0.2) is 0 Å². The number of carbonyl (C=O) groups is 2. The van der Waals surface area contributed by atoms with Crippen molar-refractivity contribution < 1.29 is 19.1 Å². The van der Waals surface area contributed by atoms with Crippen molar-refractivity contribution in [3.8, 4) is 0 Å². The van der Waals surface area contributed by atoms with Gasteiger partial charge in [-0.2, -0.15) is 0 Å². The van der Waals surface area contributed by atoms with Crippen LogP contribution in [0.3, 0.4) is 0 Å². The van der Waals surface area contributed by atoms with E-state index in [9.17, 15) is 9.59 Å². The third-order valence-electron chi connectivity index (χ3n) is 3.09. The molecule has 1 unspecified atom stereocenters. The smallest absolute Gasteiger partial charge is 0.229 e. The fraction of sp³-hybridized carbons (Fsp3) is 0.818. The van der Waals surface area contributed by atoms with Crippen LogP contribution in [0.25, 0.3) is 0 Å². The Morgan fingerprint density at radius 3 is 2.40 bits per heavy atom. The Kier molecular flexibility index (Phi) is 3.99. The van der Waals surface area contributed by atoms with E-state index in [1.54, 1.807) is 0 Å². The molecule has 1 aliphatic carbocycles. The second kappa shape index (κ2) is 4.86. The van der Waals surface area contributed by atoms with Crippen molar-refractivity contribution in [3.63, 3.8) is 0 Å². The molecule has 4 nitrogen and oxygen atoms in total. The van der Waals surface area contributed by atoms with Crippen LogP contribution in [0, 0.1) is 5.92 Å². The summed E-state index contributed by atoms with van der Waals surface area (Å²) in [7, 11) is 2.90. The van der Waals surface area contributed by atoms with Gasteiger partial charge in [0.2, 0.25) is 11.6 Å². The highest BCUT2D eigenvalue weighted by Gasteiger charge is 2.45. The summed E-state index contributed by atoms with van der Waals surface area (Å²) in [5.41, 5.74) is 0. The van der Waals surface area contributed by atoms with Gasteiger partial charge in [0.25, 0.3) is 0 Å². The Balaban J connectivity index is 2.97. The van der Waals surface area contributed by atoms with Crippen LogP contribution < -0.4 is 0 Å². The topological polar surface area (TPSA) is 52.6 Å². The molecule has 0 amide bonds. The van der Waals surface area contributed by atoms with Gasteiger partial charge in [-0.3, -0.25) is 9.59 Å². The quantitative estimate of drug-likeness (QED) is 0.404. The fourth-order valence-electron chi connectivity index (χ4n) is 2.10. The highest BCUT2D eigenvalue weighted by Crippen LogP contribution is 2.31. The maximum atomic E-state index is 12.1. The minimum absolute atomic E-state index is 0.0969. The van der Waals surface area contributed by atoms with Gasteiger partial charge in [0.05, 0.1) is 5.92 Å². The predicted octanol–water partition coefficient (Wildman–Crippen LogP) is 1.32. The van der Waals surface area contributed by atoms with Crippen LogP contribution in [0.2, 0.25) is 0 Å². The summed E-state index contributed by atoms with van der Waals surface area (Å²) >= 11 is 0. The lowest BCUT2D eigenvalue weighted by molar-refractivity contribution is -0.211. The number of hydrogen-bond acceptors (Lipinski definition) is 4. The van der Waals surface area contributed by atoms with Crippen LogP contribution >= 0.6 is 0 Å². The Labute approximate surface area is 89.9 Å². The SMILES string of the molecule is COC1(OC)CCCCC(C(C)=O)C1=O. The van der Waals surface area contributed by atoms with E-state index >= 15 is 0 Å². The first-order chi connectivity index (χ1) is 7.07. The highest BCUT2D eigenvalue weighted by molar-refractivity contribution is 6.04. The number of ether oxygens (including phenoxy) is 2. The van der Waals surface area contributed by atoms with Crippen LogP contribution in [0.15, 0.2) is 0 Å². The molecule has 0 N–H and O–H groups in total. The lowest BCUT2D eigenvalue weighted by Gasteiger charge is -2.29. The molecule has 1 saturated carbocycles. The standard InChI is InChI=1S/C11H18O4/c1-8(12)9-6-4-5-7-11(14-2,15-3)10(9)13/h9H,4-7H2,1-3H3. The van der Waals surface area contributed by atoms with E-state index in [4.69, 9.17) is 9.47 Å². The average molecular weight is 214 g/mol. The number of rotatable bonds is 3. The number of hydrogen-bond donors (Lipinski definition) is 0. The van der Waals surface area contributed by atoms with Crippen molar-refractivity contribution in [2.75, 3.05) is 14.2 Å². The van der Waals surface area contributed by atoms with Crippen molar-refractivity contribution in [1.29, 1.82) is 0 Å². The first kappa shape index (κ1) is 12.3. The van der Waals surface area contributed by atoms with E-state index in [-0.39, 0.29) is 11.6 Å². The fourth-order valence-corrected chi connectivity index (χ4v) is 2.10. The second-order valence-electron chi connectivity index (χ2n) is 3.93. The van der Waals surface area contributed by atoms with E-state index < -0.39 is 11.7 Å². The monoisotopic (exact) mass is 214 g/mol. The van der Waals surface area contributed by atoms with Gasteiger partial charge in [0, 0.05) is 20.6 Å². The van der Waals surface area contributed by atoms with Crippen molar-refractivity contribution >= 4 is 11.6 Å². The molecule has 1 rings (SSSR count). The van der Waals surface area contributed by atoms with Crippen LogP contribution in [-0.2, 0) is 19.1 Å². The molecular weight excluding hydrogens is 196 g/mol. The zero-order valence-corrected chi connectivity index (χ0v) is 9.54. The maximum absolute atomic E-state index is 12.1. The molecule has 4 heteroatoms. The molecule has 0 aliphatic heterocycles. The molecule has 86 valence electrons. The van der Waals surface area contributed by atoms with E-state index in [0.29, 0.717) is 12.8 Å². The van der Waals surface area contributed by atoms with Crippen molar-refractivity contribution in [1.82, 2.24) is 0 Å². The molecule has 0 saturated heterocycles. The molecule has 0 spiro atoms. The number of methoxy groups -OCH3 is 2. The van der Waals surface area contributed by atoms with Crippen molar-refractivity contribution in [2.45, 2.75) is 38.4 Å². The molecule has 0 aromatic carbocycles.